The first-order valence-electron chi connectivity index (χ1n) is 15.9. The van der Waals surface area contributed by atoms with Crippen molar-refractivity contribution in [3.63, 3.8) is 0 Å². The molecule has 0 atom stereocenters. The largest absolute Gasteiger partial charge is 0.462 e. The van der Waals surface area contributed by atoms with E-state index in [0.29, 0.717) is 24.7 Å². The third-order valence-electron chi connectivity index (χ3n) is 8.64. The van der Waals surface area contributed by atoms with Crippen LogP contribution in [-0.4, -0.2) is 37.1 Å². The summed E-state index contributed by atoms with van der Waals surface area (Å²) in [5.74, 6) is -3.43. The van der Waals surface area contributed by atoms with Crippen molar-refractivity contribution in [1.82, 2.24) is 0 Å². The molecule has 0 heterocycles. The van der Waals surface area contributed by atoms with Gasteiger partial charge in [-0.15, -0.1) is 0 Å². The van der Waals surface area contributed by atoms with Crippen LogP contribution in [0.4, 0.5) is 0 Å². The highest BCUT2D eigenvalue weighted by Gasteiger charge is 2.32. The van der Waals surface area contributed by atoms with Crippen LogP contribution in [0.2, 0.25) is 30.1 Å². The normalized spacial score (nSPS) is 19.9. The monoisotopic (exact) mass is 782 g/mol. The Morgan fingerprint density at radius 2 is 0.938 bits per heavy atom. The van der Waals surface area contributed by atoms with Gasteiger partial charge in [0.2, 0.25) is 0 Å². The lowest BCUT2D eigenvalue weighted by atomic mass is 9.74. The molecule has 8 nitrogen and oxygen atoms in total. The maximum Gasteiger partial charge on any atom is 0.423 e. The van der Waals surface area contributed by atoms with Crippen molar-refractivity contribution in [3.8, 4) is 11.5 Å². The summed E-state index contributed by atoms with van der Waals surface area (Å²) < 4.78 is 21.1. The second-order valence-electron chi connectivity index (χ2n) is 12.6. The summed E-state index contributed by atoms with van der Waals surface area (Å²) in [4.78, 5) is 52.0. The number of hydrogen-bond donors (Lipinski definition) is 0. The third kappa shape index (κ3) is 10.1. The molecule has 2 aromatic rings. The number of carbonyl (C=O) groups excluding carboxylic acids is 4. The first-order chi connectivity index (χ1) is 22.8. The molecule has 0 bridgehead atoms. The number of esters is 4. The maximum absolute atomic E-state index is 13.0. The second-order valence-corrected chi connectivity index (χ2v) is 15.0. The highest BCUT2D eigenvalue weighted by Crippen LogP contribution is 2.42. The van der Waals surface area contributed by atoms with E-state index in [9.17, 15) is 19.2 Å². The molecule has 4 rings (SSSR count). The fraction of sp³-hybridized carbons (Fsp3) is 0.529. The lowest BCUT2D eigenvalue weighted by Crippen LogP contribution is -2.27. The van der Waals surface area contributed by atoms with Gasteiger partial charge in [-0.2, -0.15) is 0 Å². The molecule has 2 aromatic carbocycles. The van der Waals surface area contributed by atoms with Gasteiger partial charge in [0, 0.05) is 0 Å². The van der Waals surface area contributed by atoms with Gasteiger partial charge < -0.3 is 18.9 Å². The average molecular weight is 785 g/mol. The van der Waals surface area contributed by atoms with Crippen LogP contribution in [-0.2, 0) is 19.1 Å². The van der Waals surface area contributed by atoms with E-state index in [4.69, 9.17) is 88.6 Å². The predicted molar refractivity (Wildman–Crippen MR) is 186 cm³/mol. The number of ether oxygens (including phenoxy) is 4. The fourth-order valence-electron chi connectivity index (χ4n) is 6.14. The summed E-state index contributed by atoms with van der Waals surface area (Å²) in [6, 6.07) is 2.26. The molecule has 2 fully saturated rings. The number of carbonyl (C=O) groups is 4. The van der Waals surface area contributed by atoms with Crippen LogP contribution in [0, 0.1) is 23.7 Å². The summed E-state index contributed by atoms with van der Waals surface area (Å²) >= 11 is 37.3. The number of halogens is 6. The van der Waals surface area contributed by atoms with Crippen LogP contribution in [0.25, 0.3) is 0 Å². The molecule has 2 aliphatic carbocycles. The number of hydrogen-bond acceptors (Lipinski definition) is 8. The van der Waals surface area contributed by atoms with Gasteiger partial charge in [-0.25, -0.2) is 19.2 Å². The molecular formula is C34H36Cl6O8. The first-order valence-corrected chi connectivity index (χ1v) is 18.2. The Hall–Kier alpha value is -1.94. The predicted octanol–water partition coefficient (Wildman–Crippen LogP) is 10.9. The Labute approximate surface area is 309 Å². The second kappa shape index (κ2) is 17.8. The van der Waals surface area contributed by atoms with Gasteiger partial charge in [0.1, 0.15) is 11.1 Å². The third-order valence-corrected chi connectivity index (χ3v) is 10.8. The Bertz CT molecular complexity index is 1420. The lowest BCUT2D eigenvalue weighted by molar-refractivity contribution is -0.156. The van der Waals surface area contributed by atoms with Gasteiger partial charge in [0.15, 0.2) is 11.5 Å². The number of unbranched alkanes of at least 4 members (excludes halogenated alkanes) is 2. The fourth-order valence-corrected chi connectivity index (χ4v) is 7.58. The Balaban J connectivity index is 1.40. The van der Waals surface area contributed by atoms with Crippen LogP contribution in [0.5, 0.6) is 11.5 Å². The Morgan fingerprint density at radius 1 is 0.583 bits per heavy atom. The standard InChI is InChI=1S/C34H36Cl6O8/c1-17-11-19(12-17)7-3-5-9-45-31(41)25-27(39)21(35)15-23(37)29(25)47-33(43)34(44)48-30-24(38)16-22(36)28(40)26(30)32(42)46-10-6-4-8-20-13-18(2)14-20/h15-20H,3-14H2,1-2H3. The van der Waals surface area contributed by atoms with Crippen molar-refractivity contribution in [2.24, 2.45) is 23.7 Å². The maximum atomic E-state index is 13.0. The van der Waals surface area contributed by atoms with E-state index in [1.54, 1.807) is 0 Å². The lowest BCUT2D eigenvalue weighted by Gasteiger charge is -2.32. The smallest absolute Gasteiger partial charge is 0.423 e. The van der Waals surface area contributed by atoms with Crippen molar-refractivity contribution in [2.75, 3.05) is 13.2 Å². The zero-order valence-electron chi connectivity index (χ0n) is 26.5. The minimum Gasteiger partial charge on any atom is -0.462 e. The molecule has 0 spiro atoms. The number of benzene rings is 2. The first kappa shape index (κ1) is 38.9. The summed E-state index contributed by atoms with van der Waals surface area (Å²) in [5, 5.41) is -1.44. The summed E-state index contributed by atoms with van der Waals surface area (Å²) in [6.45, 7) is 4.59. The van der Waals surface area contributed by atoms with Crippen LogP contribution >= 0.6 is 69.6 Å². The molecule has 2 saturated carbocycles. The minimum absolute atomic E-state index is 0.0749. The molecule has 2 aliphatic rings. The van der Waals surface area contributed by atoms with Gasteiger partial charge in [0.25, 0.3) is 0 Å². The highest BCUT2D eigenvalue weighted by molar-refractivity contribution is 6.47. The van der Waals surface area contributed by atoms with Crippen molar-refractivity contribution in [2.45, 2.75) is 78.1 Å². The Morgan fingerprint density at radius 3 is 1.27 bits per heavy atom. The van der Waals surface area contributed by atoms with E-state index in [-0.39, 0.29) is 43.3 Å². The highest BCUT2D eigenvalue weighted by atomic mass is 35.5. The van der Waals surface area contributed by atoms with Gasteiger partial charge in [-0.3, -0.25) is 0 Å². The topological polar surface area (TPSA) is 105 Å². The van der Waals surface area contributed by atoms with E-state index in [1.807, 2.05) is 0 Å². The SMILES string of the molecule is CC1CC(CCCCOC(=O)c2c(Cl)c(Cl)cc(Cl)c2OC(=O)C(=O)Oc2c(Cl)cc(Cl)c(Cl)c2C(=O)OCCCCC2CC(C)C2)C1. The van der Waals surface area contributed by atoms with E-state index in [2.05, 4.69) is 13.8 Å². The van der Waals surface area contributed by atoms with E-state index >= 15 is 0 Å². The summed E-state index contributed by atoms with van der Waals surface area (Å²) in [6.07, 6.45) is 9.86. The number of rotatable bonds is 14. The molecule has 48 heavy (non-hydrogen) atoms. The van der Waals surface area contributed by atoms with Crippen molar-refractivity contribution in [1.29, 1.82) is 0 Å². The Kier molecular flexibility index (Phi) is 14.4. The molecular weight excluding hydrogens is 749 g/mol. The molecule has 0 aromatic heterocycles. The van der Waals surface area contributed by atoms with Crippen LogP contribution in [0.3, 0.4) is 0 Å². The van der Waals surface area contributed by atoms with Crippen LogP contribution in [0.15, 0.2) is 12.1 Å². The van der Waals surface area contributed by atoms with E-state index in [1.165, 1.54) is 25.7 Å². The van der Waals surface area contributed by atoms with Gasteiger partial charge in [-0.05, 0) is 87.2 Å². The molecule has 14 heteroatoms. The van der Waals surface area contributed by atoms with Crippen LogP contribution < -0.4 is 9.47 Å². The zero-order chi connectivity index (χ0) is 35.1. The van der Waals surface area contributed by atoms with Crippen molar-refractivity contribution >= 4 is 93.5 Å². The molecule has 0 radical (unpaired) electrons. The minimum atomic E-state index is -1.63. The molecule has 0 aliphatic heterocycles. The van der Waals surface area contributed by atoms with E-state index in [0.717, 1.165) is 49.7 Å². The van der Waals surface area contributed by atoms with Crippen molar-refractivity contribution < 1.29 is 38.1 Å². The van der Waals surface area contributed by atoms with E-state index < -0.39 is 46.5 Å². The molecule has 0 saturated heterocycles. The average Bonchev–Trinajstić information content (AvgIpc) is 2.99. The van der Waals surface area contributed by atoms with Gasteiger partial charge in [0.05, 0.1) is 43.3 Å². The van der Waals surface area contributed by atoms with Gasteiger partial charge in [-0.1, -0.05) is 96.3 Å². The summed E-state index contributed by atoms with van der Waals surface area (Å²) in [7, 11) is 0. The molecule has 0 N–H and O–H groups in total. The molecule has 0 amide bonds. The van der Waals surface area contributed by atoms with Crippen molar-refractivity contribution in [3.05, 3.63) is 53.4 Å². The quantitative estimate of drug-likeness (QED) is 0.0613. The zero-order valence-corrected chi connectivity index (χ0v) is 31.0. The van der Waals surface area contributed by atoms with Gasteiger partial charge >= 0.3 is 23.9 Å². The van der Waals surface area contributed by atoms with Crippen LogP contribution in [0.1, 0.15) is 98.8 Å². The summed E-state index contributed by atoms with van der Waals surface area (Å²) in [5.41, 5.74) is -0.904. The molecule has 0 unspecified atom stereocenters. The molecule has 262 valence electrons.